The van der Waals surface area contributed by atoms with Crippen molar-refractivity contribution in [2.75, 3.05) is 0 Å². The third-order valence-electron chi connectivity index (χ3n) is 0.553. The summed E-state index contributed by atoms with van der Waals surface area (Å²) in [6, 6.07) is 0. The van der Waals surface area contributed by atoms with E-state index in [1.807, 2.05) is 0 Å². The molecule has 70 valence electrons. The van der Waals surface area contributed by atoms with Gasteiger partial charge in [-0.1, -0.05) is 13.2 Å². The first kappa shape index (κ1) is 24.2. The van der Waals surface area contributed by atoms with Crippen molar-refractivity contribution in [2.24, 2.45) is 0 Å². The van der Waals surface area contributed by atoms with Gasteiger partial charge in [-0.25, -0.2) is 8.42 Å². The molecule has 0 heterocycles. The van der Waals surface area contributed by atoms with Crippen LogP contribution in [0.5, 0.6) is 0 Å². The molecule has 5 nitrogen and oxygen atoms in total. The minimum Gasteiger partial charge on any atom is -0.745 e. The van der Waals surface area contributed by atoms with E-state index in [1.54, 1.807) is 0 Å². The molecule has 0 fully saturated rings. The molecule has 14 heavy (non-hydrogen) atoms. The van der Waals surface area contributed by atoms with Crippen molar-refractivity contribution in [3.05, 3.63) is 24.1 Å². The second kappa shape index (κ2) is 11.9. The predicted octanol–water partition coefficient (Wildman–Crippen LogP) is -7.00. The number of carboxylic acids is 1. The maximum atomic E-state index is 9.49. The third-order valence-corrected chi connectivity index (χ3v) is 0.961. The van der Waals surface area contributed by atoms with Gasteiger partial charge < -0.3 is 14.5 Å². The molecule has 0 rings (SSSR count). The fourth-order valence-corrected chi connectivity index (χ4v) is 0. The zero-order valence-corrected chi connectivity index (χ0v) is 13.3. The zero-order valence-electron chi connectivity index (χ0n) is 8.44. The first-order valence-corrected chi connectivity index (χ1v) is 4.13. The fourth-order valence-electron chi connectivity index (χ4n) is 0. The van der Waals surface area contributed by atoms with Crippen LogP contribution in [0.25, 0.3) is 0 Å². The van der Waals surface area contributed by atoms with E-state index >= 15 is 0 Å². The monoisotopic (exact) mass is 238 g/mol. The van der Waals surface area contributed by atoms with Crippen LogP contribution in [0.2, 0.25) is 0 Å². The van der Waals surface area contributed by atoms with Gasteiger partial charge in [0, 0.05) is 5.41 Å². The predicted molar refractivity (Wildman–Crippen MR) is 39.7 cm³/mol. The molecule has 0 amide bonds. The third kappa shape index (κ3) is 29.3. The van der Waals surface area contributed by atoms with Crippen molar-refractivity contribution >= 4 is 16.1 Å². The Labute approximate surface area is 128 Å². The van der Waals surface area contributed by atoms with Crippen LogP contribution >= 0.6 is 0 Å². The van der Waals surface area contributed by atoms with E-state index in [-0.39, 0.29) is 64.7 Å². The summed E-state index contributed by atoms with van der Waals surface area (Å²) < 4.78 is 28.0. The van der Waals surface area contributed by atoms with Gasteiger partial charge in [0.15, 0.2) is 0 Å². The van der Waals surface area contributed by atoms with Crippen molar-refractivity contribution < 1.29 is 82.0 Å². The summed E-state index contributed by atoms with van der Waals surface area (Å²) in [5.74, 6) is -1.19. The first-order chi connectivity index (χ1) is 5.20. The van der Waals surface area contributed by atoms with E-state index in [1.165, 1.54) is 6.92 Å². The summed E-state index contributed by atoms with van der Waals surface area (Å²) >= 11 is 0. The molecule has 0 aromatic heterocycles. The van der Waals surface area contributed by atoms with Crippen molar-refractivity contribution in [1.29, 1.82) is 0 Å². The normalized spacial score (nSPS) is 7.86. The van der Waals surface area contributed by atoms with Crippen LogP contribution in [0, 0.1) is 0 Å². The van der Waals surface area contributed by atoms with E-state index in [2.05, 4.69) is 13.2 Å². The minimum atomic E-state index is -4.15. The zero-order chi connectivity index (χ0) is 10.4. The van der Waals surface area contributed by atoms with Gasteiger partial charge in [-0.3, -0.25) is 0 Å². The molecule has 0 aromatic carbocycles. The van der Waals surface area contributed by atoms with Crippen molar-refractivity contribution in [1.82, 2.24) is 0 Å². The van der Waals surface area contributed by atoms with Gasteiger partial charge in [-0.05, 0) is 12.5 Å². The van der Waals surface area contributed by atoms with Crippen LogP contribution in [0.15, 0.2) is 24.1 Å². The standard InChI is InChI=1S/C4H6O2.C2H4O3S.2Na/c1-3(2)4(5)6;1-2-6(3,4)5;;/h1H2,2H3,(H,5,6);2H,1H2,(H,3,4,5);;/q;;2*+1/p-2. The minimum absolute atomic E-state index is 0. The van der Waals surface area contributed by atoms with Crippen LogP contribution in [-0.2, 0) is 14.9 Å². The topological polar surface area (TPSA) is 97.3 Å². The molecule has 0 radical (unpaired) electrons. The quantitative estimate of drug-likeness (QED) is 0.270. The van der Waals surface area contributed by atoms with Crippen LogP contribution in [0.4, 0.5) is 0 Å². The number of carbonyl (C=O) groups is 1. The Balaban J connectivity index is -0.0000000625. The Hall–Kier alpha value is 0.860. The van der Waals surface area contributed by atoms with E-state index in [4.69, 9.17) is 0 Å². The molecule has 0 bridgehead atoms. The largest absolute Gasteiger partial charge is 1.00 e. The van der Waals surface area contributed by atoms with Crippen molar-refractivity contribution in [2.45, 2.75) is 6.92 Å². The number of rotatable bonds is 2. The molecule has 0 aliphatic rings. The maximum absolute atomic E-state index is 9.49. The summed E-state index contributed by atoms with van der Waals surface area (Å²) in [6.45, 7) is 7.21. The molecule has 0 aliphatic heterocycles. The number of hydrogen-bond acceptors (Lipinski definition) is 5. The van der Waals surface area contributed by atoms with E-state index in [0.29, 0.717) is 5.41 Å². The van der Waals surface area contributed by atoms with Crippen LogP contribution < -0.4 is 64.2 Å². The average Bonchev–Trinajstić information content (AvgIpc) is 1.87. The molecule has 0 aliphatic carbocycles. The molecule has 0 aromatic rings. The van der Waals surface area contributed by atoms with E-state index < -0.39 is 16.1 Å². The summed E-state index contributed by atoms with van der Waals surface area (Å²) in [6.07, 6.45) is 0. The van der Waals surface area contributed by atoms with E-state index in [0.717, 1.165) is 0 Å². The summed E-state index contributed by atoms with van der Waals surface area (Å²) in [5.41, 5.74) is 0.0648. The van der Waals surface area contributed by atoms with Gasteiger partial charge in [-0.2, -0.15) is 0 Å². The maximum Gasteiger partial charge on any atom is 1.00 e. The number of hydrogen-bond donors (Lipinski definition) is 0. The second-order valence-corrected chi connectivity index (χ2v) is 3.05. The van der Waals surface area contributed by atoms with Crippen LogP contribution in [0.3, 0.4) is 0 Å². The summed E-state index contributed by atoms with van der Waals surface area (Å²) in [5, 5.41) is 9.84. The molecule has 0 saturated heterocycles. The summed E-state index contributed by atoms with van der Waals surface area (Å²) in [4.78, 5) is 9.49. The first-order valence-electron chi connectivity index (χ1n) is 2.66. The van der Waals surface area contributed by atoms with Gasteiger partial charge in [0.1, 0.15) is 10.1 Å². The van der Waals surface area contributed by atoms with E-state index in [9.17, 15) is 22.9 Å². The Morgan fingerprint density at radius 2 is 1.50 bits per heavy atom. The molecule has 0 spiro atoms. The molecule has 0 saturated carbocycles. The Morgan fingerprint density at radius 1 is 1.36 bits per heavy atom. The van der Waals surface area contributed by atoms with Crippen molar-refractivity contribution in [3.63, 3.8) is 0 Å². The number of carbonyl (C=O) groups excluding carboxylic acids is 1. The van der Waals surface area contributed by atoms with Crippen molar-refractivity contribution in [3.8, 4) is 0 Å². The molecular weight excluding hydrogens is 230 g/mol. The van der Waals surface area contributed by atoms with Crippen LogP contribution in [-0.4, -0.2) is 18.9 Å². The fraction of sp³-hybridized carbons (Fsp3) is 0.167. The smallest absolute Gasteiger partial charge is 0.745 e. The molecule has 0 unspecified atom stereocenters. The second-order valence-electron chi connectivity index (χ2n) is 1.73. The molecule has 0 atom stereocenters. The van der Waals surface area contributed by atoms with Gasteiger partial charge in [-0.15, -0.1) is 0 Å². The average molecular weight is 238 g/mol. The SMILES string of the molecule is C=C(C)C(=O)[O-].C=CS(=O)(=O)[O-].[Na+].[Na+]. The van der Waals surface area contributed by atoms with Gasteiger partial charge in [0.2, 0.25) is 0 Å². The van der Waals surface area contributed by atoms with Gasteiger partial charge >= 0.3 is 59.1 Å². The summed E-state index contributed by atoms with van der Waals surface area (Å²) in [7, 11) is -4.15. The molecular formula is C6H8Na2O5S. The van der Waals surface area contributed by atoms with Crippen LogP contribution in [0.1, 0.15) is 6.92 Å². The Morgan fingerprint density at radius 3 is 1.50 bits per heavy atom. The number of aliphatic carboxylic acids is 1. The number of carboxylic acid groups (broad SMARTS) is 1. The molecule has 8 heteroatoms. The Kier molecular flexibility index (Phi) is 20.6. The Bertz CT molecular complexity index is 259. The van der Waals surface area contributed by atoms with Gasteiger partial charge in [0.05, 0.1) is 5.97 Å². The molecule has 0 N–H and O–H groups in total. The van der Waals surface area contributed by atoms with Gasteiger partial charge in [0.25, 0.3) is 0 Å².